The summed E-state index contributed by atoms with van der Waals surface area (Å²) in [5.74, 6) is 0. The van der Waals surface area contributed by atoms with Gasteiger partial charge in [0.15, 0.2) is 4.29 Å². The van der Waals surface area contributed by atoms with E-state index in [9.17, 15) is 0 Å². The lowest BCUT2D eigenvalue weighted by molar-refractivity contribution is 0.650. The van der Waals surface area contributed by atoms with Crippen molar-refractivity contribution in [2.75, 3.05) is 0 Å². The van der Waals surface area contributed by atoms with Crippen LogP contribution < -0.4 is 0 Å². The van der Waals surface area contributed by atoms with Gasteiger partial charge in [-0.2, -0.15) is 0 Å². The van der Waals surface area contributed by atoms with Gasteiger partial charge in [-0.3, -0.25) is 0 Å². The first-order valence-electron chi connectivity index (χ1n) is 3.71. The van der Waals surface area contributed by atoms with E-state index in [0.29, 0.717) is 0 Å². The second-order valence-electron chi connectivity index (χ2n) is 3.06. The van der Waals surface area contributed by atoms with Gasteiger partial charge in [-0.05, 0) is 0 Å². The lowest BCUT2D eigenvalue weighted by atomic mass is 10.1. The molecule has 115 valence electrons. The van der Waals surface area contributed by atoms with Crippen molar-refractivity contribution in [1.29, 1.82) is 0 Å². The van der Waals surface area contributed by atoms with Crippen LogP contribution in [0, 0.1) is 3.74 Å². The van der Waals surface area contributed by atoms with E-state index < -0.39 is 15.1 Å². The molecule has 0 heterocycles. The van der Waals surface area contributed by atoms with Gasteiger partial charge in [0, 0.05) is 0 Å². The first-order chi connectivity index (χ1) is 7.94. The standard InChI is InChI=1S/C6Br13/c7-1(8)2(9,5(14,15)16)3(10,11)4(12,13)6(17,18)19. The Balaban J connectivity index is 6.13. The fraction of sp³-hybridized carbons (Fsp3) is 0.833. The van der Waals surface area contributed by atoms with E-state index in [1.54, 1.807) is 0 Å². The number of alkyl halides is 11. The molecule has 0 rings (SSSR count). The van der Waals surface area contributed by atoms with Crippen molar-refractivity contribution in [2.24, 2.45) is 0 Å². The zero-order valence-electron chi connectivity index (χ0n) is 7.91. The highest BCUT2D eigenvalue weighted by Gasteiger charge is 2.72. The minimum atomic E-state index is -0.796. The fourth-order valence-electron chi connectivity index (χ4n) is 0.798. The van der Waals surface area contributed by atoms with E-state index in [0.717, 1.165) is 3.74 Å². The van der Waals surface area contributed by atoms with Gasteiger partial charge in [0.2, 0.25) is 0 Å². The zero-order valence-corrected chi connectivity index (χ0v) is 28.5. The molecule has 0 nitrogen and oxygen atoms in total. The molecule has 0 spiro atoms. The molecule has 1 radical (unpaired) electrons. The predicted octanol–water partition coefficient (Wildman–Crippen LogP) is 10.0. The molecule has 0 aliphatic heterocycles. The molecule has 0 aliphatic carbocycles. The molecule has 1 atom stereocenters. The molecule has 19 heavy (non-hydrogen) atoms. The summed E-state index contributed by atoms with van der Waals surface area (Å²) in [6.07, 6.45) is 0. The molecule has 1 unspecified atom stereocenters. The summed E-state index contributed by atoms with van der Waals surface area (Å²) in [6.45, 7) is 0. The lowest BCUT2D eigenvalue weighted by Crippen LogP contribution is -2.62. The number of hydrogen-bond acceptors (Lipinski definition) is 0. The number of halogens is 13. The quantitative estimate of drug-likeness (QED) is 0.247. The Labute approximate surface area is 221 Å². The highest BCUT2D eigenvalue weighted by atomic mass is 80.0. The summed E-state index contributed by atoms with van der Waals surface area (Å²) < 4.78 is -2.97. The normalized spacial score (nSPS) is 18.6. The maximum Gasteiger partial charge on any atom is 0.162 e. The predicted molar refractivity (Wildman–Crippen MR) is 133 cm³/mol. The third-order valence-electron chi connectivity index (χ3n) is 1.83. The molecular weight excluding hydrogens is 1110 g/mol. The van der Waals surface area contributed by atoms with E-state index in [2.05, 4.69) is 207 Å². The van der Waals surface area contributed by atoms with E-state index in [1.807, 2.05) is 0 Å². The second kappa shape index (κ2) is 8.50. The van der Waals surface area contributed by atoms with Crippen LogP contribution in [0.1, 0.15) is 0 Å². The minimum Gasteiger partial charge on any atom is -0.0767 e. The molecule has 0 bridgehead atoms. The second-order valence-corrected chi connectivity index (χ2v) is 27.3. The molecular formula is C6Br13. The minimum absolute atomic E-state index is 0.681. The van der Waals surface area contributed by atoms with Crippen LogP contribution in [0.25, 0.3) is 0 Å². The topological polar surface area (TPSA) is 0 Å². The molecule has 0 fully saturated rings. The monoisotopic (exact) mass is 1100 g/mol. The van der Waals surface area contributed by atoms with E-state index in [-0.39, 0.29) is 0 Å². The van der Waals surface area contributed by atoms with Crippen LogP contribution in [0.3, 0.4) is 0 Å². The third-order valence-corrected chi connectivity index (χ3v) is 22.0. The van der Waals surface area contributed by atoms with Crippen molar-refractivity contribution in [2.45, 2.75) is 15.1 Å². The molecule has 0 aliphatic rings. The van der Waals surface area contributed by atoms with E-state index >= 15 is 0 Å². The summed E-state index contributed by atoms with van der Waals surface area (Å²) in [5, 5.41) is 0. The summed E-state index contributed by atoms with van der Waals surface area (Å²) in [5.41, 5.74) is 0. The van der Waals surface area contributed by atoms with Gasteiger partial charge in [-0.25, -0.2) is 0 Å². The SMILES string of the molecule is Br[C](Br)C(Br)(C(Br)(Br)Br)C(Br)(Br)C(Br)(Br)C(Br)(Br)Br. The molecule has 0 aromatic carbocycles. The number of rotatable bonds is 3. The van der Waals surface area contributed by atoms with Crippen LogP contribution in [0.5, 0.6) is 0 Å². The Hall–Kier alpha value is 6.24. The lowest BCUT2D eigenvalue weighted by Gasteiger charge is -2.52. The van der Waals surface area contributed by atoms with Crippen LogP contribution in [-0.2, 0) is 0 Å². The maximum atomic E-state index is 3.73. The first kappa shape index (κ1) is 25.2. The van der Waals surface area contributed by atoms with Crippen molar-refractivity contribution in [1.82, 2.24) is 0 Å². The van der Waals surface area contributed by atoms with Gasteiger partial charge in [0.1, 0.15) is 14.5 Å². The summed E-state index contributed by atoms with van der Waals surface area (Å²) in [7, 11) is 0. The Morgan fingerprint density at radius 3 is 0.947 bits per heavy atom. The van der Waals surface area contributed by atoms with Crippen LogP contribution in [-0.4, -0.2) is 15.1 Å². The van der Waals surface area contributed by atoms with Crippen LogP contribution in [0.2, 0.25) is 0 Å². The molecule has 0 aromatic rings. The van der Waals surface area contributed by atoms with Crippen molar-refractivity contribution in [3.05, 3.63) is 3.74 Å². The third kappa shape index (κ3) is 5.15. The van der Waals surface area contributed by atoms with Gasteiger partial charge in [-0.1, -0.05) is 207 Å². The molecule has 0 saturated carbocycles. The van der Waals surface area contributed by atoms with Crippen LogP contribution in [0.15, 0.2) is 0 Å². The Kier molecular flexibility index (Phi) is 11.3. The average Bonchev–Trinajstić information content (AvgIpc) is 2.11. The largest absolute Gasteiger partial charge is 0.162 e. The smallest absolute Gasteiger partial charge is 0.0767 e. The van der Waals surface area contributed by atoms with Gasteiger partial charge >= 0.3 is 0 Å². The van der Waals surface area contributed by atoms with E-state index in [4.69, 9.17) is 0 Å². The Morgan fingerprint density at radius 1 is 0.474 bits per heavy atom. The molecule has 0 saturated heterocycles. The van der Waals surface area contributed by atoms with Gasteiger partial charge in [0.25, 0.3) is 0 Å². The first-order valence-corrected chi connectivity index (χ1v) is 14.0. The summed E-state index contributed by atoms with van der Waals surface area (Å²) in [4.78, 5) is 0. The van der Waals surface area contributed by atoms with Crippen LogP contribution >= 0.6 is 207 Å². The van der Waals surface area contributed by atoms with Crippen molar-refractivity contribution < 1.29 is 0 Å². The Morgan fingerprint density at radius 2 is 0.789 bits per heavy atom. The molecule has 0 aromatic heterocycles. The molecule has 13 heteroatoms. The van der Waals surface area contributed by atoms with Gasteiger partial charge in [0.05, 0.1) is 0 Å². The maximum absolute atomic E-state index is 3.73. The zero-order chi connectivity index (χ0) is 16.1. The van der Waals surface area contributed by atoms with Crippen molar-refractivity contribution in [3.63, 3.8) is 0 Å². The molecule has 0 N–H and O–H groups in total. The highest BCUT2D eigenvalue weighted by Crippen LogP contribution is 2.74. The van der Waals surface area contributed by atoms with Crippen molar-refractivity contribution in [3.8, 4) is 0 Å². The Bertz CT molecular complexity index is 321. The average molecular weight is 1110 g/mol. The van der Waals surface area contributed by atoms with Crippen LogP contribution in [0.4, 0.5) is 0 Å². The summed E-state index contributed by atoms with van der Waals surface area (Å²) in [6, 6.07) is 0. The highest BCUT2D eigenvalue weighted by molar-refractivity contribution is 9.42. The fourth-order valence-corrected chi connectivity index (χ4v) is 13.2. The molecule has 0 amide bonds. The summed E-state index contributed by atoms with van der Waals surface area (Å²) >= 11 is 46.6. The van der Waals surface area contributed by atoms with Gasteiger partial charge in [-0.15, -0.1) is 0 Å². The number of hydrogen-bond donors (Lipinski definition) is 0. The van der Waals surface area contributed by atoms with Gasteiger partial charge < -0.3 is 0 Å². The van der Waals surface area contributed by atoms with Crippen molar-refractivity contribution >= 4 is 207 Å². The van der Waals surface area contributed by atoms with E-state index in [1.165, 1.54) is 0 Å².